The Bertz CT molecular complexity index is 3050. The maximum absolute atomic E-state index is 11.6. The number of para-hydroxylation sites is 2. The zero-order chi connectivity index (χ0) is 52.2. The first kappa shape index (κ1) is 54.2. The van der Waals surface area contributed by atoms with Gasteiger partial charge in [-0.15, -0.1) is 22.7 Å². The van der Waals surface area contributed by atoms with Crippen LogP contribution < -0.4 is 28.4 Å². The van der Waals surface area contributed by atoms with E-state index in [0.29, 0.717) is 73.6 Å². The number of phenols is 2. The Kier molecular flexibility index (Phi) is 20.1. The molecular weight excluding hydrogens is 973 g/mol. The number of aromatic hydroxyl groups is 2. The number of nitrogens with zero attached hydrogens (tertiary/aromatic N) is 2. The molecule has 3 N–H and O–H groups in total. The lowest BCUT2D eigenvalue weighted by Gasteiger charge is -2.17. The third-order valence-corrected chi connectivity index (χ3v) is 13.5. The zero-order valence-corrected chi connectivity index (χ0v) is 44.2. The molecule has 0 saturated carbocycles. The van der Waals surface area contributed by atoms with Crippen LogP contribution in [0.15, 0.2) is 132 Å². The number of aromatic carboxylic acids is 1. The summed E-state index contributed by atoms with van der Waals surface area (Å²) in [6, 6.07) is 33.4. The molecule has 12 nitrogen and oxygen atoms in total. The Morgan fingerprint density at radius 1 is 0.514 bits per heavy atom. The maximum Gasteiger partial charge on any atom is 0.339 e. The van der Waals surface area contributed by atoms with Gasteiger partial charge < -0.3 is 43.7 Å². The Labute approximate surface area is 441 Å². The predicted molar refractivity (Wildman–Crippen MR) is 294 cm³/mol. The van der Waals surface area contributed by atoms with Gasteiger partial charge in [-0.2, -0.15) is 0 Å². The second-order valence-corrected chi connectivity index (χ2v) is 19.0. The Hall–Kier alpha value is -7.55. The van der Waals surface area contributed by atoms with Crippen molar-refractivity contribution < 1.29 is 48.5 Å². The summed E-state index contributed by atoms with van der Waals surface area (Å²) in [5.74, 6) is 4.77. The van der Waals surface area contributed by atoms with Crippen LogP contribution in [0, 0.1) is 6.92 Å². The number of carboxylic acids is 1. The van der Waals surface area contributed by atoms with Crippen LogP contribution in [-0.2, 0) is 25.7 Å². The van der Waals surface area contributed by atoms with Crippen molar-refractivity contribution in [3.05, 3.63) is 166 Å². The second kappa shape index (κ2) is 27.5. The molecule has 0 aliphatic heterocycles. The third-order valence-electron chi connectivity index (χ3n) is 11.9. The van der Waals surface area contributed by atoms with Gasteiger partial charge in [0.15, 0.2) is 0 Å². The molecule has 0 amide bonds. The highest BCUT2D eigenvalue weighted by atomic mass is 32.1. The number of hydrogen-bond acceptors (Lipinski definition) is 13. The van der Waals surface area contributed by atoms with E-state index in [4.69, 9.17) is 28.4 Å². The molecule has 8 aromatic rings. The highest BCUT2D eigenvalue weighted by Gasteiger charge is 2.18. The third kappa shape index (κ3) is 14.4. The molecule has 0 fully saturated rings. The van der Waals surface area contributed by atoms with Gasteiger partial charge in [0.05, 0.1) is 37.6 Å². The van der Waals surface area contributed by atoms with Gasteiger partial charge in [0.25, 0.3) is 0 Å². The van der Waals surface area contributed by atoms with Crippen LogP contribution in [0.2, 0.25) is 0 Å². The quantitative estimate of drug-likeness (QED) is 0.0466. The average molecular weight is 1040 g/mol. The normalized spacial score (nSPS) is 10.8. The topological polar surface area (TPSA) is 159 Å². The predicted octanol–water partition coefficient (Wildman–Crippen LogP) is 15.3. The van der Waals surface area contributed by atoms with Crippen molar-refractivity contribution in [3.8, 4) is 78.6 Å². The largest absolute Gasteiger partial charge is 0.507 e. The van der Waals surface area contributed by atoms with Crippen LogP contribution in [0.3, 0.4) is 0 Å². The molecule has 0 aliphatic carbocycles. The number of hydrogen-bond donors (Lipinski definition) is 3. The van der Waals surface area contributed by atoms with E-state index in [1.54, 1.807) is 42.7 Å². The number of aryl methyl sites for hydroxylation is 3. The SMILES string of the molecule is CCCc1c(OCCCOc2cc(O)c(-c3nccs3)cc2CC)cccc1Oc1ccccc1C.CCCc1c(OCCCOc2cc(O)c(-c3nccs3)cc2CC)cccc1Oc1ccccc1C(=O)O. The summed E-state index contributed by atoms with van der Waals surface area (Å²) >= 11 is 2.99. The number of ether oxygens (including phenoxy) is 6. The molecule has 0 saturated heterocycles. The number of phenolic OH excluding ortho intramolecular Hbond substituents is 2. The standard InChI is InChI=1S/C30H31NO6S.C30H33NO4S/c1-3-9-21-25(12-7-13-26(21)37-27-11-6-5-10-22(27)30(33)34)35-15-8-16-36-28-19-24(32)23(18-20(28)4-2)29-31-14-17-38-29;1-4-10-23-27(13-8-14-28(23)35-26-12-7-6-11-21(26)3)33-16-9-17-34-29-20-25(32)24(19-22(29)5-2)30-31-15-18-36-30/h5-7,10-14,17-19,32H,3-4,8-9,15-16H2,1-2H3,(H,33,34);6-8,11-15,18-20,32H,4-5,9-10,16-17H2,1-3H3. The fourth-order valence-electron chi connectivity index (χ4n) is 8.14. The van der Waals surface area contributed by atoms with Gasteiger partial charge in [-0.3, -0.25) is 0 Å². The fraction of sp³-hybridized carbons (Fsp3) is 0.283. The minimum atomic E-state index is -1.04. The Balaban J connectivity index is 0.000000217. The monoisotopic (exact) mass is 1040 g/mol. The van der Waals surface area contributed by atoms with Crippen molar-refractivity contribution >= 4 is 28.6 Å². The van der Waals surface area contributed by atoms with Gasteiger partial charge in [-0.05, 0) is 104 Å². The second-order valence-electron chi connectivity index (χ2n) is 17.2. The number of carbonyl (C=O) groups is 1. The summed E-state index contributed by atoms with van der Waals surface area (Å²) in [5.41, 5.74) is 6.69. The lowest BCUT2D eigenvalue weighted by atomic mass is 10.1. The van der Waals surface area contributed by atoms with Crippen LogP contribution >= 0.6 is 22.7 Å². The Morgan fingerprint density at radius 2 is 0.932 bits per heavy atom. The molecule has 0 unspecified atom stereocenters. The lowest BCUT2D eigenvalue weighted by Crippen LogP contribution is -2.08. The average Bonchev–Trinajstić information content (AvgIpc) is 4.16. The maximum atomic E-state index is 11.6. The number of rotatable bonds is 25. The van der Waals surface area contributed by atoms with Crippen LogP contribution in [0.1, 0.15) is 91.6 Å². The van der Waals surface area contributed by atoms with E-state index in [2.05, 4.69) is 30.7 Å². The van der Waals surface area contributed by atoms with Crippen molar-refractivity contribution in [1.29, 1.82) is 0 Å². The van der Waals surface area contributed by atoms with Crippen LogP contribution in [-0.4, -0.2) is 57.7 Å². The zero-order valence-electron chi connectivity index (χ0n) is 42.6. The van der Waals surface area contributed by atoms with E-state index in [-0.39, 0.29) is 17.1 Å². The minimum absolute atomic E-state index is 0.107. The summed E-state index contributed by atoms with van der Waals surface area (Å²) in [7, 11) is 0. The van der Waals surface area contributed by atoms with Gasteiger partial charge in [-0.1, -0.05) is 83.0 Å². The summed E-state index contributed by atoms with van der Waals surface area (Å²) < 4.78 is 36.6. The molecular formula is C60H64N2O10S2. The molecule has 0 bridgehead atoms. The molecule has 0 atom stereocenters. The van der Waals surface area contributed by atoms with Crippen molar-refractivity contribution in [2.45, 2.75) is 86.0 Å². The number of benzene rings is 6. The van der Waals surface area contributed by atoms with E-state index in [9.17, 15) is 20.1 Å². The number of carboxylic acid groups (broad SMARTS) is 1. The molecule has 0 aliphatic rings. The molecule has 0 spiro atoms. The van der Waals surface area contributed by atoms with E-state index in [1.807, 2.05) is 97.4 Å². The first-order chi connectivity index (χ1) is 36.1. The summed E-state index contributed by atoms with van der Waals surface area (Å²) in [6.07, 6.45) is 9.85. The minimum Gasteiger partial charge on any atom is -0.507 e. The van der Waals surface area contributed by atoms with Crippen molar-refractivity contribution in [2.24, 2.45) is 0 Å². The van der Waals surface area contributed by atoms with E-state index in [1.165, 1.54) is 28.7 Å². The van der Waals surface area contributed by atoms with Crippen molar-refractivity contribution in [2.75, 3.05) is 26.4 Å². The molecule has 6 aromatic carbocycles. The first-order valence-corrected chi connectivity index (χ1v) is 26.9. The van der Waals surface area contributed by atoms with Crippen molar-refractivity contribution in [1.82, 2.24) is 9.97 Å². The van der Waals surface area contributed by atoms with E-state index < -0.39 is 5.97 Å². The fourth-order valence-corrected chi connectivity index (χ4v) is 9.46. The van der Waals surface area contributed by atoms with Gasteiger partial charge in [-0.25, -0.2) is 14.8 Å². The molecule has 74 heavy (non-hydrogen) atoms. The highest BCUT2D eigenvalue weighted by Crippen LogP contribution is 2.40. The van der Waals surface area contributed by atoms with Gasteiger partial charge in [0, 0.05) is 59.3 Å². The Morgan fingerprint density at radius 3 is 1.36 bits per heavy atom. The molecule has 2 aromatic heterocycles. The first-order valence-electron chi connectivity index (χ1n) is 25.1. The summed E-state index contributed by atoms with van der Waals surface area (Å²) in [4.78, 5) is 20.2. The van der Waals surface area contributed by atoms with Crippen molar-refractivity contribution in [3.63, 3.8) is 0 Å². The van der Waals surface area contributed by atoms with Gasteiger partial charge >= 0.3 is 5.97 Å². The van der Waals surface area contributed by atoms with Crippen LogP contribution in [0.5, 0.6) is 57.5 Å². The lowest BCUT2D eigenvalue weighted by molar-refractivity contribution is 0.0694. The van der Waals surface area contributed by atoms with Gasteiger partial charge in [0.2, 0.25) is 0 Å². The summed E-state index contributed by atoms with van der Waals surface area (Å²) in [6.45, 7) is 12.3. The van der Waals surface area contributed by atoms with E-state index in [0.717, 1.165) is 99.2 Å². The highest BCUT2D eigenvalue weighted by molar-refractivity contribution is 7.13. The summed E-state index contributed by atoms with van der Waals surface area (Å²) in [5, 5.41) is 35.9. The van der Waals surface area contributed by atoms with E-state index >= 15 is 0 Å². The number of thiazole rings is 2. The van der Waals surface area contributed by atoms with Crippen LogP contribution in [0.4, 0.5) is 0 Å². The molecule has 0 radical (unpaired) electrons. The molecule has 8 rings (SSSR count). The molecule has 386 valence electrons. The van der Waals surface area contributed by atoms with Gasteiger partial charge in [0.1, 0.15) is 73.1 Å². The molecule has 2 heterocycles. The smallest absolute Gasteiger partial charge is 0.339 e. The number of aromatic nitrogens is 2. The van der Waals surface area contributed by atoms with Crippen LogP contribution in [0.25, 0.3) is 21.1 Å². The molecule has 14 heteroatoms.